The van der Waals surface area contributed by atoms with E-state index in [2.05, 4.69) is 15.6 Å². The van der Waals surface area contributed by atoms with Gasteiger partial charge >= 0.3 is 5.97 Å². The summed E-state index contributed by atoms with van der Waals surface area (Å²) in [5.41, 5.74) is 6.37. The number of pyridine rings is 1. The van der Waals surface area contributed by atoms with Crippen LogP contribution in [-0.2, 0) is 4.79 Å². The van der Waals surface area contributed by atoms with E-state index in [1.807, 2.05) is 6.07 Å². The molecule has 0 radical (unpaired) electrons. The minimum absolute atomic E-state index is 0.256. The van der Waals surface area contributed by atoms with Crippen LogP contribution in [-0.4, -0.2) is 27.9 Å². The minimum Gasteiger partial charge on any atom is -0.481 e. The second-order valence-corrected chi connectivity index (χ2v) is 6.70. The molecule has 2 aromatic carbocycles. The van der Waals surface area contributed by atoms with Crippen molar-refractivity contribution >= 4 is 46.0 Å². The molecule has 6 N–H and O–H groups in total. The van der Waals surface area contributed by atoms with Gasteiger partial charge in [0.25, 0.3) is 5.91 Å². The van der Waals surface area contributed by atoms with Gasteiger partial charge in [0.05, 0.1) is 17.5 Å². The molecular weight excluding hydrogens is 394 g/mol. The number of benzene rings is 2. The van der Waals surface area contributed by atoms with Crippen molar-refractivity contribution in [2.45, 2.75) is 12.5 Å². The molecule has 1 heterocycles. The lowest BCUT2D eigenvalue weighted by atomic mass is 10.0. The molecule has 0 aliphatic rings. The molecule has 0 saturated carbocycles. The Kier molecular flexibility index (Phi) is 5.94. The van der Waals surface area contributed by atoms with Crippen LogP contribution in [0.4, 0.5) is 5.82 Å². The normalized spacial score (nSPS) is 11.6. The summed E-state index contributed by atoms with van der Waals surface area (Å²) >= 11 is 6.18. The van der Waals surface area contributed by atoms with Crippen molar-refractivity contribution < 1.29 is 14.7 Å². The predicted octanol–water partition coefficient (Wildman–Crippen LogP) is 3.14. The molecule has 148 valence electrons. The molecule has 0 aliphatic carbocycles. The Labute approximate surface area is 171 Å². The monoisotopic (exact) mass is 411 g/mol. The van der Waals surface area contributed by atoms with Crippen LogP contribution in [0.25, 0.3) is 10.8 Å². The number of carbonyl (C=O) groups excluding carboxylic acids is 1. The number of anilines is 1. The van der Waals surface area contributed by atoms with Crippen LogP contribution < -0.4 is 16.4 Å². The van der Waals surface area contributed by atoms with E-state index in [9.17, 15) is 14.7 Å². The molecule has 0 saturated heterocycles. The van der Waals surface area contributed by atoms with Gasteiger partial charge in [0.15, 0.2) is 5.96 Å². The summed E-state index contributed by atoms with van der Waals surface area (Å²) in [5.74, 6) is -1.49. The largest absolute Gasteiger partial charge is 0.481 e. The number of amides is 1. The van der Waals surface area contributed by atoms with Crippen molar-refractivity contribution in [3.63, 3.8) is 0 Å². The van der Waals surface area contributed by atoms with E-state index in [-0.39, 0.29) is 18.2 Å². The van der Waals surface area contributed by atoms with Gasteiger partial charge in [-0.3, -0.25) is 15.0 Å². The summed E-state index contributed by atoms with van der Waals surface area (Å²) in [6.45, 7) is 0. The topological polar surface area (TPSA) is 141 Å². The first kappa shape index (κ1) is 20.1. The van der Waals surface area contributed by atoms with Crippen LogP contribution in [0.3, 0.4) is 0 Å². The van der Waals surface area contributed by atoms with Gasteiger partial charge in [-0.15, -0.1) is 0 Å². The van der Waals surface area contributed by atoms with E-state index >= 15 is 0 Å². The standard InChI is InChI=1S/C20H18ClN5O3/c21-15-10-24-18(26-20(22)23)14-8-12(6-7-13(14)15)19(29)25-16(9-17(27)28)11-4-2-1-3-5-11/h1-8,10,16H,9H2,(H,25,29)(H,27,28)(H4,22,23,24,26). The van der Waals surface area contributed by atoms with E-state index in [0.29, 0.717) is 26.9 Å². The highest BCUT2D eigenvalue weighted by molar-refractivity contribution is 6.36. The summed E-state index contributed by atoms with van der Waals surface area (Å²) in [6, 6.07) is 13.0. The van der Waals surface area contributed by atoms with Crippen molar-refractivity contribution in [2.75, 3.05) is 5.32 Å². The number of rotatable bonds is 6. The Morgan fingerprint density at radius 1 is 1.17 bits per heavy atom. The molecule has 8 nitrogen and oxygen atoms in total. The Hall–Kier alpha value is -3.65. The van der Waals surface area contributed by atoms with Gasteiger partial charge in [0.2, 0.25) is 0 Å². The SMILES string of the molecule is N=C(N)Nc1ncc(Cl)c2ccc(C(=O)NC(CC(=O)O)c3ccccc3)cc12. The molecule has 0 aliphatic heterocycles. The second-order valence-electron chi connectivity index (χ2n) is 6.29. The highest BCUT2D eigenvalue weighted by Gasteiger charge is 2.19. The van der Waals surface area contributed by atoms with Gasteiger partial charge in [0, 0.05) is 22.5 Å². The number of guanidine groups is 1. The summed E-state index contributed by atoms with van der Waals surface area (Å²) in [4.78, 5) is 28.2. The third-order valence-corrected chi connectivity index (χ3v) is 4.54. The minimum atomic E-state index is -1.03. The zero-order valence-electron chi connectivity index (χ0n) is 15.1. The zero-order chi connectivity index (χ0) is 21.0. The Morgan fingerprint density at radius 2 is 1.90 bits per heavy atom. The Balaban J connectivity index is 1.95. The molecular formula is C20H18ClN5O3. The molecule has 3 aromatic rings. The third-order valence-electron chi connectivity index (χ3n) is 4.24. The number of nitrogens with two attached hydrogens (primary N) is 1. The third kappa shape index (κ3) is 4.80. The van der Waals surface area contributed by atoms with Crippen molar-refractivity contribution in [3.8, 4) is 0 Å². The Morgan fingerprint density at radius 3 is 2.55 bits per heavy atom. The number of carboxylic acids is 1. The molecule has 3 rings (SSSR count). The lowest BCUT2D eigenvalue weighted by molar-refractivity contribution is -0.137. The first-order valence-corrected chi connectivity index (χ1v) is 9.00. The number of hydrogen-bond donors (Lipinski definition) is 5. The number of hydrogen-bond acceptors (Lipinski definition) is 4. The number of aromatic nitrogens is 1. The number of carboxylic acid groups (broad SMARTS) is 1. The lowest BCUT2D eigenvalue weighted by Gasteiger charge is -2.18. The van der Waals surface area contributed by atoms with Gasteiger partial charge in [-0.1, -0.05) is 48.0 Å². The summed E-state index contributed by atoms with van der Waals surface area (Å²) < 4.78 is 0. The fourth-order valence-corrected chi connectivity index (χ4v) is 3.14. The highest BCUT2D eigenvalue weighted by atomic mass is 35.5. The average Bonchev–Trinajstić information content (AvgIpc) is 2.69. The highest BCUT2D eigenvalue weighted by Crippen LogP contribution is 2.29. The number of nitrogens with zero attached hydrogens (tertiary/aromatic N) is 1. The van der Waals surface area contributed by atoms with Gasteiger partial charge < -0.3 is 21.5 Å². The fourth-order valence-electron chi connectivity index (χ4n) is 2.93. The summed E-state index contributed by atoms with van der Waals surface area (Å²) in [7, 11) is 0. The van der Waals surface area contributed by atoms with Gasteiger partial charge in [-0.2, -0.15) is 0 Å². The first-order chi connectivity index (χ1) is 13.8. The summed E-state index contributed by atoms with van der Waals surface area (Å²) in [6.07, 6.45) is 1.17. The molecule has 0 fully saturated rings. The molecule has 0 spiro atoms. The quantitative estimate of drug-likeness (QED) is 0.311. The van der Waals surface area contributed by atoms with E-state index in [4.69, 9.17) is 22.7 Å². The maximum absolute atomic E-state index is 12.8. The van der Waals surface area contributed by atoms with Gasteiger partial charge in [-0.05, 0) is 17.7 Å². The van der Waals surface area contributed by atoms with Crippen LogP contribution in [0, 0.1) is 5.41 Å². The molecule has 29 heavy (non-hydrogen) atoms. The van der Waals surface area contributed by atoms with Crippen molar-refractivity contribution in [1.29, 1.82) is 5.41 Å². The van der Waals surface area contributed by atoms with E-state index in [0.717, 1.165) is 0 Å². The van der Waals surface area contributed by atoms with Crippen molar-refractivity contribution in [2.24, 2.45) is 5.73 Å². The molecule has 1 unspecified atom stereocenters. The molecule has 1 aromatic heterocycles. The van der Waals surface area contributed by atoms with Crippen LogP contribution in [0.2, 0.25) is 5.02 Å². The van der Waals surface area contributed by atoms with Gasteiger partial charge in [-0.25, -0.2) is 4.98 Å². The first-order valence-electron chi connectivity index (χ1n) is 8.62. The predicted molar refractivity (Wildman–Crippen MR) is 111 cm³/mol. The number of nitrogens with one attached hydrogen (secondary N) is 3. The number of aliphatic carboxylic acids is 1. The number of halogens is 1. The maximum atomic E-state index is 12.8. The van der Waals surface area contributed by atoms with Gasteiger partial charge in [0.1, 0.15) is 5.82 Å². The number of carbonyl (C=O) groups is 2. The molecule has 0 bridgehead atoms. The zero-order valence-corrected chi connectivity index (χ0v) is 15.9. The van der Waals surface area contributed by atoms with E-state index in [1.54, 1.807) is 42.5 Å². The lowest BCUT2D eigenvalue weighted by Crippen LogP contribution is -2.30. The Bertz CT molecular complexity index is 1090. The van der Waals surface area contributed by atoms with Crippen LogP contribution in [0.15, 0.2) is 54.7 Å². The number of fused-ring (bicyclic) bond motifs is 1. The van der Waals surface area contributed by atoms with Crippen LogP contribution in [0.5, 0.6) is 0 Å². The molecule has 9 heteroatoms. The molecule has 1 amide bonds. The maximum Gasteiger partial charge on any atom is 0.305 e. The smallest absolute Gasteiger partial charge is 0.305 e. The second kappa shape index (κ2) is 8.57. The average molecular weight is 412 g/mol. The van der Waals surface area contributed by atoms with E-state index in [1.165, 1.54) is 6.20 Å². The van der Waals surface area contributed by atoms with Crippen LogP contribution >= 0.6 is 11.6 Å². The fraction of sp³-hybridized carbons (Fsp3) is 0.100. The summed E-state index contributed by atoms with van der Waals surface area (Å²) in [5, 5.41) is 23.5. The molecule has 1 atom stereocenters. The van der Waals surface area contributed by atoms with E-state index < -0.39 is 17.9 Å². The van der Waals surface area contributed by atoms with Crippen molar-refractivity contribution in [3.05, 3.63) is 70.9 Å². The van der Waals surface area contributed by atoms with Crippen molar-refractivity contribution in [1.82, 2.24) is 10.3 Å². The van der Waals surface area contributed by atoms with Crippen LogP contribution in [0.1, 0.15) is 28.4 Å².